The molecule has 4 rings (SSSR count). The number of esters is 1. The number of carbonyl (C=O) groups is 3. The van der Waals surface area contributed by atoms with Crippen molar-refractivity contribution in [1.29, 1.82) is 0 Å². The smallest absolute Gasteiger partial charge is 0.338 e. The van der Waals surface area contributed by atoms with Crippen LogP contribution in [0.15, 0.2) is 72.8 Å². The van der Waals surface area contributed by atoms with Gasteiger partial charge in [0.2, 0.25) is 5.91 Å². The Labute approximate surface area is 209 Å². The SMILES string of the molecule is CCOC(=O)c1ccc2c(c1)NC(=O)C2=C(Nc1ccc(N(CCN)C(C)=O)cc1)c1ccccc1. The summed E-state index contributed by atoms with van der Waals surface area (Å²) in [6.45, 7) is 4.30. The minimum atomic E-state index is -0.442. The number of nitrogens with two attached hydrogens (primary N) is 1. The fourth-order valence-electron chi connectivity index (χ4n) is 4.11. The Bertz CT molecular complexity index is 1320. The minimum absolute atomic E-state index is 0.0883. The van der Waals surface area contributed by atoms with Gasteiger partial charge in [0.05, 0.1) is 29.1 Å². The van der Waals surface area contributed by atoms with Gasteiger partial charge in [-0.25, -0.2) is 4.79 Å². The number of anilines is 3. The molecule has 0 aromatic heterocycles. The zero-order valence-corrected chi connectivity index (χ0v) is 20.2. The molecule has 0 atom stereocenters. The number of hydrogen-bond donors (Lipinski definition) is 3. The molecule has 8 nitrogen and oxygen atoms in total. The lowest BCUT2D eigenvalue weighted by molar-refractivity contribution is -0.116. The van der Waals surface area contributed by atoms with E-state index in [0.29, 0.717) is 41.2 Å². The van der Waals surface area contributed by atoms with E-state index < -0.39 is 5.97 Å². The lowest BCUT2D eigenvalue weighted by Crippen LogP contribution is -2.33. The molecule has 3 aromatic rings. The third-order valence-electron chi connectivity index (χ3n) is 5.77. The summed E-state index contributed by atoms with van der Waals surface area (Å²) in [7, 11) is 0. The number of rotatable bonds is 8. The molecule has 4 N–H and O–H groups in total. The number of amides is 2. The van der Waals surface area contributed by atoms with Crippen molar-refractivity contribution in [3.05, 3.63) is 89.5 Å². The van der Waals surface area contributed by atoms with Crippen molar-refractivity contribution in [3.63, 3.8) is 0 Å². The van der Waals surface area contributed by atoms with Crippen LogP contribution in [0.2, 0.25) is 0 Å². The number of carbonyl (C=O) groups excluding carboxylic acids is 3. The fourth-order valence-corrected chi connectivity index (χ4v) is 4.11. The highest BCUT2D eigenvalue weighted by Gasteiger charge is 2.29. The largest absolute Gasteiger partial charge is 0.462 e. The molecule has 1 aliphatic heterocycles. The standard InChI is InChI=1S/C28H28N4O4/c1-3-36-28(35)20-9-14-23-24(17-20)31-27(34)25(23)26(19-7-5-4-6-8-19)30-21-10-12-22(13-11-21)32(16-15-29)18(2)33/h4-14,17,30H,3,15-16,29H2,1-2H3,(H,31,34). The molecular weight excluding hydrogens is 456 g/mol. The Morgan fingerprint density at radius 3 is 2.36 bits per heavy atom. The van der Waals surface area contributed by atoms with Crippen LogP contribution in [-0.2, 0) is 14.3 Å². The number of ether oxygens (including phenoxy) is 1. The average molecular weight is 485 g/mol. The minimum Gasteiger partial charge on any atom is -0.462 e. The Balaban J connectivity index is 1.74. The van der Waals surface area contributed by atoms with Crippen LogP contribution in [0.4, 0.5) is 17.1 Å². The Hall–Kier alpha value is -4.43. The number of fused-ring (bicyclic) bond motifs is 1. The van der Waals surface area contributed by atoms with Crippen molar-refractivity contribution in [1.82, 2.24) is 0 Å². The molecule has 1 heterocycles. The lowest BCUT2D eigenvalue weighted by atomic mass is 9.99. The monoisotopic (exact) mass is 484 g/mol. The van der Waals surface area contributed by atoms with Crippen molar-refractivity contribution in [2.45, 2.75) is 13.8 Å². The molecule has 0 aliphatic carbocycles. The van der Waals surface area contributed by atoms with Gasteiger partial charge in [-0.15, -0.1) is 0 Å². The predicted molar refractivity (Wildman–Crippen MR) is 141 cm³/mol. The highest BCUT2D eigenvalue weighted by atomic mass is 16.5. The van der Waals surface area contributed by atoms with E-state index in [-0.39, 0.29) is 18.4 Å². The lowest BCUT2D eigenvalue weighted by Gasteiger charge is -2.21. The van der Waals surface area contributed by atoms with E-state index in [1.165, 1.54) is 6.92 Å². The molecule has 0 fully saturated rings. The topological polar surface area (TPSA) is 114 Å². The zero-order chi connectivity index (χ0) is 25.7. The first-order chi connectivity index (χ1) is 17.4. The van der Waals surface area contributed by atoms with Crippen molar-refractivity contribution in [2.75, 3.05) is 35.2 Å². The van der Waals surface area contributed by atoms with E-state index in [9.17, 15) is 14.4 Å². The molecular formula is C28H28N4O4. The summed E-state index contributed by atoms with van der Waals surface area (Å²) in [5.74, 6) is -0.808. The summed E-state index contributed by atoms with van der Waals surface area (Å²) in [6.07, 6.45) is 0. The van der Waals surface area contributed by atoms with Crippen molar-refractivity contribution in [2.24, 2.45) is 5.73 Å². The molecule has 184 valence electrons. The highest BCUT2D eigenvalue weighted by molar-refractivity contribution is 6.37. The quantitative estimate of drug-likeness (QED) is 0.328. The zero-order valence-electron chi connectivity index (χ0n) is 20.2. The summed E-state index contributed by atoms with van der Waals surface area (Å²) >= 11 is 0. The molecule has 1 aliphatic rings. The third kappa shape index (κ3) is 5.13. The second kappa shape index (κ2) is 10.9. The second-order valence-corrected chi connectivity index (χ2v) is 8.18. The first-order valence-electron chi connectivity index (χ1n) is 11.7. The van der Waals surface area contributed by atoms with Gasteiger partial charge in [-0.3, -0.25) is 9.59 Å². The van der Waals surface area contributed by atoms with Crippen LogP contribution in [0.3, 0.4) is 0 Å². The van der Waals surface area contributed by atoms with Crippen LogP contribution in [0.5, 0.6) is 0 Å². The van der Waals surface area contributed by atoms with E-state index in [0.717, 1.165) is 16.9 Å². The van der Waals surface area contributed by atoms with Crippen molar-refractivity contribution >= 4 is 46.1 Å². The molecule has 0 spiro atoms. The Kier molecular flexibility index (Phi) is 7.46. The van der Waals surface area contributed by atoms with Crippen molar-refractivity contribution < 1.29 is 19.1 Å². The van der Waals surface area contributed by atoms with Crippen molar-refractivity contribution in [3.8, 4) is 0 Å². The van der Waals surface area contributed by atoms with Gasteiger partial charge in [-0.05, 0) is 48.9 Å². The Morgan fingerprint density at radius 1 is 1.00 bits per heavy atom. The van der Waals surface area contributed by atoms with E-state index >= 15 is 0 Å². The number of benzene rings is 3. The van der Waals surface area contributed by atoms with E-state index in [4.69, 9.17) is 10.5 Å². The molecule has 0 saturated carbocycles. The second-order valence-electron chi connectivity index (χ2n) is 8.18. The molecule has 2 amide bonds. The van der Waals surface area contributed by atoms with Crippen LogP contribution in [0.25, 0.3) is 11.3 Å². The molecule has 0 unspecified atom stereocenters. The van der Waals surface area contributed by atoms with Crippen LogP contribution in [0.1, 0.15) is 35.3 Å². The van der Waals surface area contributed by atoms with Gasteiger partial charge in [0, 0.05) is 37.0 Å². The molecule has 3 aromatic carbocycles. The number of nitrogens with zero attached hydrogens (tertiary/aromatic N) is 1. The summed E-state index contributed by atoms with van der Waals surface area (Å²) in [6, 6.07) is 21.9. The summed E-state index contributed by atoms with van der Waals surface area (Å²) in [5, 5.41) is 6.26. The molecule has 0 radical (unpaired) electrons. The fraction of sp³-hybridized carbons (Fsp3) is 0.179. The van der Waals surface area contributed by atoms with Gasteiger partial charge in [-0.1, -0.05) is 36.4 Å². The van der Waals surface area contributed by atoms with Gasteiger partial charge >= 0.3 is 5.97 Å². The molecule has 0 bridgehead atoms. The maximum Gasteiger partial charge on any atom is 0.338 e. The average Bonchev–Trinajstić information content (AvgIpc) is 3.21. The summed E-state index contributed by atoms with van der Waals surface area (Å²) in [5.41, 5.74) is 10.6. The van der Waals surface area contributed by atoms with E-state index in [1.807, 2.05) is 54.6 Å². The predicted octanol–water partition coefficient (Wildman–Crippen LogP) is 4.11. The number of nitrogens with one attached hydrogen (secondary N) is 2. The van der Waals surface area contributed by atoms with E-state index in [1.54, 1.807) is 30.0 Å². The van der Waals surface area contributed by atoms with Crippen LogP contribution in [0, 0.1) is 0 Å². The summed E-state index contributed by atoms with van der Waals surface area (Å²) in [4.78, 5) is 38.9. The van der Waals surface area contributed by atoms with Crippen LogP contribution < -0.4 is 21.3 Å². The first kappa shape index (κ1) is 24.7. The molecule has 0 saturated heterocycles. The number of hydrogen-bond acceptors (Lipinski definition) is 6. The van der Waals surface area contributed by atoms with Gasteiger partial charge < -0.3 is 26.0 Å². The first-order valence-corrected chi connectivity index (χ1v) is 11.7. The van der Waals surface area contributed by atoms with Crippen LogP contribution >= 0.6 is 0 Å². The maximum atomic E-state index is 13.2. The van der Waals surface area contributed by atoms with Gasteiger partial charge in [0.25, 0.3) is 5.91 Å². The third-order valence-corrected chi connectivity index (χ3v) is 5.77. The van der Waals surface area contributed by atoms with Crippen LogP contribution in [-0.4, -0.2) is 37.5 Å². The summed E-state index contributed by atoms with van der Waals surface area (Å²) < 4.78 is 5.09. The van der Waals surface area contributed by atoms with E-state index in [2.05, 4.69) is 10.6 Å². The van der Waals surface area contributed by atoms with Gasteiger partial charge in [0.15, 0.2) is 0 Å². The molecule has 36 heavy (non-hydrogen) atoms. The Morgan fingerprint density at radius 2 is 1.72 bits per heavy atom. The molecule has 8 heteroatoms. The normalized spacial score (nSPS) is 13.5. The maximum absolute atomic E-state index is 13.2. The van der Waals surface area contributed by atoms with Gasteiger partial charge in [-0.2, -0.15) is 0 Å². The highest BCUT2D eigenvalue weighted by Crippen LogP contribution is 2.38. The van der Waals surface area contributed by atoms with Gasteiger partial charge in [0.1, 0.15) is 0 Å².